The molecular weight excluding hydrogens is 255 g/mol. The number of anilines is 1. The molecule has 0 fully saturated rings. The van der Waals surface area contributed by atoms with Gasteiger partial charge in [-0.1, -0.05) is 6.07 Å². The van der Waals surface area contributed by atoms with Crippen molar-refractivity contribution in [3.8, 4) is 0 Å². The van der Waals surface area contributed by atoms with E-state index >= 15 is 0 Å². The number of rotatable bonds is 3. The molecule has 0 radical (unpaired) electrons. The summed E-state index contributed by atoms with van der Waals surface area (Å²) in [7, 11) is 0. The number of Topliss-reactive ketones (excluding diaryl/α,β-unsaturated/α-hetero) is 1. The Hall–Kier alpha value is -2.10. The summed E-state index contributed by atoms with van der Waals surface area (Å²) in [6.45, 7) is 4.91. The first-order valence-electron chi connectivity index (χ1n) is 6.77. The van der Waals surface area contributed by atoms with Crippen molar-refractivity contribution < 1.29 is 9.18 Å². The lowest BCUT2D eigenvalue weighted by Gasteiger charge is -2.18. The Labute approximate surface area is 117 Å². The van der Waals surface area contributed by atoms with Crippen LogP contribution in [-0.2, 0) is 6.42 Å². The molecule has 104 valence electrons. The fourth-order valence-corrected chi connectivity index (χ4v) is 2.85. The molecule has 4 heteroatoms. The van der Waals surface area contributed by atoms with Crippen molar-refractivity contribution in [1.82, 2.24) is 4.98 Å². The molecule has 0 unspecified atom stereocenters. The number of carbonyl (C=O) groups is 1. The van der Waals surface area contributed by atoms with Crippen LogP contribution in [0.2, 0.25) is 0 Å². The number of aryl methyl sites for hydroxylation is 2. The molecule has 0 saturated carbocycles. The lowest BCUT2D eigenvalue weighted by molar-refractivity contribution is 0.0999. The van der Waals surface area contributed by atoms with Gasteiger partial charge in [-0.2, -0.15) is 0 Å². The van der Waals surface area contributed by atoms with E-state index in [0.717, 1.165) is 41.2 Å². The average molecular weight is 272 g/mol. The summed E-state index contributed by atoms with van der Waals surface area (Å²) < 4.78 is 13.3. The van der Waals surface area contributed by atoms with Crippen molar-refractivity contribution in [3.63, 3.8) is 0 Å². The number of aromatic nitrogens is 1. The van der Waals surface area contributed by atoms with E-state index in [1.54, 1.807) is 6.07 Å². The summed E-state index contributed by atoms with van der Waals surface area (Å²) in [6.07, 6.45) is 0.869. The molecule has 1 aliphatic rings. The minimum absolute atomic E-state index is 0.0731. The maximum Gasteiger partial charge on any atom is 0.183 e. The third-order valence-corrected chi connectivity index (χ3v) is 3.82. The fourth-order valence-electron chi connectivity index (χ4n) is 2.85. The number of H-pyrrole nitrogens is 1. The minimum atomic E-state index is -0.253. The number of carbonyl (C=O) groups excluding carboxylic acids is 1. The van der Waals surface area contributed by atoms with Gasteiger partial charge in [0.2, 0.25) is 0 Å². The van der Waals surface area contributed by atoms with E-state index in [1.165, 1.54) is 12.1 Å². The quantitative estimate of drug-likeness (QED) is 0.872. The van der Waals surface area contributed by atoms with Crippen LogP contribution in [0.5, 0.6) is 0 Å². The van der Waals surface area contributed by atoms with E-state index in [9.17, 15) is 9.18 Å². The zero-order chi connectivity index (χ0) is 14.3. The summed E-state index contributed by atoms with van der Waals surface area (Å²) in [5.41, 5.74) is 4.57. The number of nitrogens with one attached hydrogen (secondary N) is 1. The number of halogens is 1. The van der Waals surface area contributed by atoms with Gasteiger partial charge in [-0.05, 0) is 44.0 Å². The Morgan fingerprint density at radius 1 is 1.35 bits per heavy atom. The van der Waals surface area contributed by atoms with Crippen LogP contribution >= 0.6 is 0 Å². The van der Waals surface area contributed by atoms with E-state index in [2.05, 4.69) is 4.98 Å². The monoisotopic (exact) mass is 272 g/mol. The Bertz CT molecular complexity index is 675. The zero-order valence-corrected chi connectivity index (χ0v) is 11.7. The molecule has 0 amide bonds. The van der Waals surface area contributed by atoms with Gasteiger partial charge in [-0.25, -0.2) is 4.39 Å². The molecular formula is C16H17FN2O. The summed E-state index contributed by atoms with van der Waals surface area (Å²) in [5.74, 6) is -0.180. The lowest BCUT2D eigenvalue weighted by Crippen LogP contribution is -2.28. The smallest absolute Gasteiger partial charge is 0.183 e. The highest BCUT2D eigenvalue weighted by Crippen LogP contribution is 2.28. The van der Waals surface area contributed by atoms with Gasteiger partial charge in [0, 0.05) is 29.2 Å². The molecule has 0 saturated heterocycles. The second kappa shape index (κ2) is 4.78. The highest BCUT2D eigenvalue weighted by atomic mass is 19.1. The minimum Gasteiger partial charge on any atom is -0.363 e. The van der Waals surface area contributed by atoms with E-state index in [-0.39, 0.29) is 11.6 Å². The SMILES string of the molecule is Cc1cc(C(=O)CN2CCc3ccc(F)cc32)c(C)[nH]1. The van der Waals surface area contributed by atoms with Crippen LogP contribution in [0, 0.1) is 19.7 Å². The second-order valence-corrected chi connectivity index (χ2v) is 5.36. The first-order chi connectivity index (χ1) is 9.54. The van der Waals surface area contributed by atoms with Gasteiger partial charge >= 0.3 is 0 Å². The molecule has 2 aromatic rings. The predicted octanol–water partition coefficient (Wildman–Crippen LogP) is 3.02. The molecule has 0 atom stereocenters. The normalized spacial score (nSPS) is 13.7. The molecule has 0 bridgehead atoms. The Morgan fingerprint density at radius 3 is 2.85 bits per heavy atom. The third kappa shape index (κ3) is 2.22. The molecule has 1 aliphatic heterocycles. The summed E-state index contributed by atoms with van der Waals surface area (Å²) in [4.78, 5) is 17.5. The van der Waals surface area contributed by atoms with Crippen molar-refractivity contribution in [1.29, 1.82) is 0 Å². The van der Waals surface area contributed by atoms with Crippen LogP contribution < -0.4 is 4.90 Å². The number of aromatic amines is 1. The fraction of sp³-hybridized carbons (Fsp3) is 0.312. The Morgan fingerprint density at radius 2 is 2.15 bits per heavy atom. The maximum absolute atomic E-state index is 13.3. The van der Waals surface area contributed by atoms with E-state index in [4.69, 9.17) is 0 Å². The molecule has 0 spiro atoms. The van der Waals surface area contributed by atoms with Gasteiger partial charge in [0.05, 0.1) is 6.54 Å². The van der Waals surface area contributed by atoms with Crippen LogP contribution in [0.25, 0.3) is 0 Å². The Balaban J connectivity index is 1.82. The van der Waals surface area contributed by atoms with E-state index in [1.807, 2.05) is 24.8 Å². The van der Waals surface area contributed by atoms with Gasteiger partial charge in [-0.15, -0.1) is 0 Å². The number of ketones is 1. The van der Waals surface area contributed by atoms with Gasteiger partial charge < -0.3 is 9.88 Å². The van der Waals surface area contributed by atoms with Crippen LogP contribution in [0.4, 0.5) is 10.1 Å². The molecule has 1 N–H and O–H groups in total. The summed E-state index contributed by atoms with van der Waals surface area (Å²) in [5, 5.41) is 0. The first kappa shape index (κ1) is 12.9. The third-order valence-electron chi connectivity index (χ3n) is 3.82. The van der Waals surface area contributed by atoms with Crippen LogP contribution in [0.15, 0.2) is 24.3 Å². The standard InChI is InChI=1S/C16H17FN2O/c1-10-7-14(11(2)18-10)16(20)9-19-6-5-12-3-4-13(17)8-15(12)19/h3-4,7-8,18H,5-6,9H2,1-2H3. The average Bonchev–Trinajstić information content (AvgIpc) is 2.93. The van der Waals surface area contributed by atoms with Crippen molar-refractivity contribution in [2.45, 2.75) is 20.3 Å². The largest absolute Gasteiger partial charge is 0.363 e. The van der Waals surface area contributed by atoms with Gasteiger partial charge in [0.15, 0.2) is 5.78 Å². The summed E-state index contributed by atoms with van der Waals surface area (Å²) >= 11 is 0. The van der Waals surface area contributed by atoms with Crippen LogP contribution in [0.3, 0.4) is 0 Å². The van der Waals surface area contributed by atoms with Gasteiger partial charge in [0.1, 0.15) is 5.82 Å². The molecule has 2 heterocycles. The molecule has 20 heavy (non-hydrogen) atoms. The highest BCUT2D eigenvalue weighted by Gasteiger charge is 2.23. The molecule has 0 aliphatic carbocycles. The van der Waals surface area contributed by atoms with Gasteiger partial charge in [-0.3, -0.25) is 4.79 Å². The molecule has 1 aromatic carbocycles. The van der Waals surface area contributed by atoms with E-state index in [0.29, 0.717) is 6.54 Å². The molecule has 3 rings (SSSR count). The number of hydrogen-bond acceptors (Lipinski definition) is 2. The Kier molecular flexibility index (Phi) is 3.08. The second-order valence-electron chi connectivity index (χ2n) is 5.36. The van der Waals surface area contributed by atoms with Crippen LogP contribution in [0.1, 0.15) is 27.3 Å². The van der Waals surface area contributed by atoms with Crippen molar-refractivity contribution >= 4 is 11.5 Å². The molecule has 3 nitrogen and oxygen atoms in total. The maximum atomic E-state index is 13.3. The number of hydrogen-bond donors (Lipinski definition) is 1. The zero-order valence-electron chi connectivity index (χ0n) is 11.7. The topological polar surface area (TPSA) is 36.1 Å². The number of benzene rings is 1. The predicted molar refractivity (Wildman–Crippen MR) is 76.9 cm³/mol. The van der Waals surface area contributed by atoms with Crippen molar-refractivity contribution in [3.05, 3.63) is 52.6 Å². The summed E-state index contributed by atoms with van der Waals surface area (Å²) in [6, 6.07) is 6.68. The first-order valence-corrected chi connectivity index (χ1v) is 6.77. The van der Waals surface area contributed by atoms with E-state index < -0.39 is 0 Å². The van der Waals surface area contributed by atoms with Crippen LogP contribution in [-0.4, -0.2) is 23.9 Å². The van der Waals surface area contributed by atoms with Crippen molar-refractivity contribution in [2.24, 2.45) is 0 Å². The van der Waals surface area contributed by atoms with Crippen molar-refractivity contribution in [2.75, 3.05) is 18.0 Å². The van der Waals surface area contributed by atoms with Gasteiger partial charge in [0.25, 0.3) is 0 Å². The highest BCUT2D eigenvalue weighted by molar-refractivity contribution is 6.00. The lowest BCUT2D eigenvalue weighted by atomic mass is 10.1. The number of fused-ring (bicyclic) bond motifs is 1. The molecule has 1 aromatic heterocycles. The number of nitrogens with zero attached hydrogens (tertiary/aromatic N) is 1.